The van der Waals surface area contributed by atoms with Crippen LogP contribution in [0.2, 0.25) is 0 Å². The number of ether oxygens (including phenoxy) is 1. The normalized spacial score (nSPS) is 19.2. The Labute approximate surface area is 138 Å². The molecule has 0 saturated carbocycles. The quantitative estimate of drug-likeness (QED) is 0.743. The summed E-state index contributed by atoms with van der Waals surface area (Å²) < 4.78 is 5.48. The number of alkyl halides is 1. The molecule has 0 radical (unpaired) electrons. The molecule has 0 unspecified atom stereocenters. The lowest BCUT2D eigenvalue weighted by Gasteiger charge is -2.37. The highest BCUT2D eigenvalue weighted by atomic mass is 35.5. The molecule has 0 aromatic heterocycles. The zero-order valence-corrected chi connectivity index (χ0v) is 15.2. The third-order valence-electron chi connectivity index (χ3n) is 3.69. The second-order valence-corrected chi connectivity index (χ2v) is 7.48. The fourth-order valence-corrected chi connectivity index (χ4v) is 2.79. The Kier molecular flexibility index (Phi) is 6.98. The molecule has 0 spiro atoms. The highest BCUT2D eigenvalue weighted by Crippen LogP contribution is 2.20. The number of carbonyl (C=O) groups is 2. The molecular formula is C16H29ClN2O3. The fourth-order valence-electron chi connectivity index (χ4n) is 2.62. The SMILES string of the molecule is CC(C)N(C[C@H]1CCCN(C(=O)CCl)C1)C(=O)OC(C)(C)C. The number of piperidine rings is 1. The molecule has 0 bridgehead atoms. The molecule has 0 N–H and O–H groups in total. The molecule has 0 aromatic rings. The van der Waals surface area contributed by atoms with Gasteiger partial charge in [0.1, 0.15) is 11.5 Å². The second-order valence-electron chi connectivity index (χ2n) is 7.21. The van der Waals surface area contributed by atoms with Crippen molar-refractivity contribution in [2.75, 3.05) is 25.5 Å². The van der Waals surface area contributed by atoms with E-state index in [1.165, 1.54) is 0 Å². The average Bonchev–Trinajstić information content (AvgIpc) is 2.41. The van der Waals surface area contributed by atoms with Crippen LogP contribution in [0.15, 0.2) is 0 Å². The van der Waals surface area contributed by atoms with Crippen molar-refractivity contribution >= 4 is 23.6 Å². The first kappa shape index (κ1) is 19.1. The minimum atomic E-state index is -0.503. The topological polar surface area (TPSA) is 49.9 Å². The summed E-state index contributed by atoms with van der Waals surface area (Å²) in [6.45, 7) is 11.6. The van der Waals surface area contributed by atoms with Crippen LogP contribution in [0.5, 0.6) is 0 Å². The number of halogens is 1. The van der Waals surface area contributed by atoms with Crippen molar-refractivity contribution in [3.63, 3.8) is 0 Å². The zero-order valence-electron chi connectivity index (χ0n) is 14.4. The Bertz CT molecular complexity index is 393. The third kappa shape index (κ3) is 6.03. The lowest BCUT2D eigenvalue weighted by Crippen LogP contribution is -2.48. The van der Waals surface area contributed by atoms with E-state index in [9.17, 15) is 9.59 Å². The van der Waals surface area contributed by atoms with E-state index < -0.39 is 5.60 Å². The van der Waals surface area contributed by atoms with Crippen LogP contribution in [0, 0.1) is 5.92 Å². The molecule has 1 heterocycles. The van der Waals surface area contributed by atoms with E-state index in [0.717, 1.165) is 19.4 Å². The number of nitrogens with zero attached hydrogens (tertiary/aromatic N) is 2. The lowest BCUT2D eigenvalue weighted by atomic mass is 9.97. The Morgan fingerprint density at radius 3 is 2.50 bits per heavy atom. The molecule has 6 heteroatoms. The third-order valence-corrected chi connectivity index (χ3v) is 3.92. The van der Waals surface area contributed by atoms with Crippen LogP contribution in [0.4, 0.5) is 4.79 Å². The number of amides is 2. The van der Waals surface area contributed by atoms with Crippen molar-refractivity contribution in [2.24, 2.45) is 5.92 Å². The fraction of sp³-hybridized carbons (Fsp3) is 0.875. The molecule has 1 aliphatic rings. The number of likely N-dealkylation sites (tertiary alicyclic amines) is 1. The molecule has 5 nitrogen and oxygen atoms in total. The maximum Gasteiger partial charge on any atom is 0.410 e. The summed E-state index contributed by atoms with van der Waals surface area (Å²) in [7, 11) is 0. The first-order valence-corrected chi connectivity index (χ1v) is 8.51. The highest BCUT2D eigenvalue weighted by Gasteiger charge is 2.29. The van der Waals surface area contributed by atoms with Gasteiger partial charge in [0.15, 0.2) is 0 Å². The number of rotatable bonds is 4. The van der Waals surface area contributed by atoms with Gasteiger partial charge in [-0.15, -0.1) is 11.6 Å². The minimum Gasteiger partial charge on any atom is -0.444 e. The minimum absolute atomic E-state index is 0.0205. The molecule has 1 saturated heterocycles. The van der Waals surface area contributed by atoms with Crippen molar-refractivity contribution in [3.8, 4) is 0 Å². The molecule has 1 atom stereocenters. The van der Waals surface area contributed by atoms with Gasteiger partial charge in [0.2, 0.25) is 5.91 Å². The maximum absolute atomic E-state index is 12.3. The summed E-state index contributed by atoms with van der Waals surface area (Å²) in [5, 5.41) is 0. The van der Waals surface area contributed by atoms with Gasteiger partial charge in [-0.2, -0.15) is 0 Å². The van der Waals surface area contributed by atoms with Gasteiger partial charge in [0.05, 0.1) is 0 Å². The summed E-state index contributed by atoms with van der Waals surface area (Å²) >= 11 is 5.64. The largest absolute Gasteiger partial charge is 0.444 e. The van der Waals surface area contributed by atoms with Gasteiger partial charge in [-0.05, 0) is 53.4 Å². The number of carbonyl (C=O) groups excluding carboxylic acids is 2. The average molecular weight is 333 g/mol. The van der Waals surface area contributed by atoms with Gasteiger partial charge in [0, 0.05) is 25.7 Å². The Morgan fingerprint density at radius 2 is 2.00 bits per heavy atom. The van der Waals surface area contributed by atoms with Crippen LogP contribution in [-0.2, 0) is 9.53 Å². The molecule has 0 aliphatic carbocycles. The first-order valence-electron chi connectivity index (χ1n) is 7.97. The van der Waals surface area contributed by atoms with E-state index in [-0.39, 0.29) is 29.8 Å². The van der Waals surface area contributed by atoms with Crippen LogP contribution in [-0.4, -0.2) is 59.0 Å². The van der Waals surface area contributed by atoms with Crippen LogP contribution < -0.4 is 0 Å². The molecule has 2 amide bonds. The molecule has 1 rings (SSSR count). The van der Waals surface area contributed by atoms with Crippen LogP contribution in [0.3, 0.4) is 0 Å². The van der Waals surface area contributed by atoms with E-state index in [1.807, 2.05) is 34.6 Å². The lowest BCUT2D eigenvalue weighted by molar-refractivity contribution is -0.130. The van der Waals surface area contributed by atoms with Gasteiger partial charge < -0.3 is 14.5 Å². The van der Waals surface area contributed by atoms with Crippen molar-refractivity contribution in [3.05, 3.63) is 0 Å². The second kappa shape index (κ2) is 8.04. The van der Waals surface area contributed by atoms with Gasteiger partial charge >= 0.3 is 6.09 Å². The molecular weight excluding hydrogens is 304 g/mol. The first-order chi connectivity index (χ1) is 10.1. The molecule has 0 aromatic carbocycles. The maximum atomic E-state index is 12.3. The number of hydrogen-bond donors (Lipinski definition) is 0. The van der Waals surface area contributed by atoms with Crippen LogP contribution in [0.1, 0.15) is 47.5 Å². The molecule has 128 valence electrons. The van der Waals surface area contributed by atoms with Crippen molar-refractivity contribution < 1.29 is 14.3 Å². The Balaban J connectivity index is 2.66. The summed E-state index contributed by atoms with van der Waals surface area (Å²) in [4.78, 5) is 27.6. The van der Waals surface area contributed by atoms with Crippen molar-refractivity contribution in [2.45, 2.75) is 59.1 Å². The van der Waals surface area contributed by atoms with E-state index in [1.54, 1.807) is 9.80 Å². The van der Waals surface area contributed by atoms with Crippen LogP contribution >= 0.6 is 11.6 Å². The van der Waals surface area contributed by atoms with E-state index in [0.29, 0.717) is 13.1 Å². The molecule has 1 fully saturated rings. The Hall–Kier alpha value is -0.970. The smallest absolute Gasteiger partial charge is 0.410 e. The van der Waals surface area contributed by atoms with Crippen molar-refractivity contribution in [1.29, 1.82) is 0 Å². The van der Waals surface area contributed by atoms with Crippen LogP contribution in [0.25, 0.3) is 0 Å². The van der Waals surface area contributed by atoms with E-state index in [2.05, 4.69) is 0 Å². The highest BCUT2D eigenvalue weighted by molar-refractivity contribution is 6.27. The predicted octanol–water partition coefficient (Wildman–Crippen LogP) is 3.11. The zero-order chi connectivity index (χ0) is 16.9. The monoisotopic (exact) mass is 332 g/mol. The van der Waals surface area contributed by atoms with Gasteiger partial charge in [-0.25, -0.2) is 4.79 Å². The summed E-state index contributed by atoms with van der Waals surface area (Å²) in [5.74, 6) is 0.266. The van der Waals surface area contributed by atoms with Gasteiger partial charge in [-0.3, -0.25) is 4.79 Å². The van der Waals surface area contributed by atoms with E-state index >= 15 is 0 Å². The number of hydrogen-bond acceptors (Lipinski definition) is 3. The van der Waals surface area contributed by atoms with Gasteiger partial charge in [0.25, 0.3) is 0 Å². The summed E-state index contributed by atoms with van der Waals surface area (Å²) in [6, 6.07) is 0.0638. The summed E-state index contributed by atoms with van der Waals surface area (Å²) in [6.07, 6.45) is 1.68. The Morgan fingerprint density at radius 1 is 1.36 bits per heavy atom. The standard InChI is InChI=1S/C16H29ClN2O3/c1-12(2)19(15(21)22-16(3,4)5)11-13-7-6-8-18(10-13)14(20)9-17/h12-13H,6-11H2,1-5H3/t13-/m0/s1. The van der Waals surface area contributed by atoms with E-state index in [4.69, 9.17) is 16.3 Å². The predicted molar refractivity (Wildman–Crippen MR) is 88.1 cm³/mol. The molecule has 22 heavy (non-hydrogen) atoms. The molecule has 1 aliphatic heterocycles. The summed E-state index contributed by atoms with van der Waals surface area (Å²) in [5.41, 5.74) is -0.503. The van der Waals surface area contributed by atoms with Crippen molar-refractivity contribution in [1.82, 2.24) is 9.80 Å². The van der Waals surface area contributed by atoms with Gasteiger partial charge in [-0.1, -0.05) is 0 Å².